The fraction of sp³-hybridized carbons (Fsp3) is 0.464. The van der Waals surface area contributed by atoms with Crippen LogP contribution >= 0.6 is 0 Å². The molecular formula is C28H32N2O5. The number of aliphatic carboxylic acids is 1. The zero-order valence-electron chi connectivity index (χ0n) is 20.2. The lowest BCUT2D eigenvalue weighted by Gasteiger charge is -2.35. The Hall–Kier alpha value is -3.35. The van der Waals surface area contributed by atoms with Gasteiger partial charge in [0.05, 0.1) is 0 Å². The van der Waals surface area contributed by atoms with Gasteiger partial charge in [0.2, 0.25) is 5.91 Å². The van der Waals surface area contributed by atoms with Crippen molar-refractivity contribution in [2.24, 2.45) is 11.8 Å². The average molecular weight is 477 g/mol. The molecule has 1 saturated heterocycles. The number of hydrogen-bond donors (Lipinski definition) is 2. The van der Waals surface area contributed by atoms with Crippen LogP contribution in [0.5, 0.6) is 0 Å². The molecule has 0 radical (unpaired) electrons. The van der Waals surface area contributed by atoms with E-state index < -0.39 is 23.6 Å². The normalized spacial score (nSPS) is 23.2. The van der Waals surface area contributed by atoms with Crippen LogP contribution in [0.3, 0.4) is 0 Å². The molecule has 35 heavy (non-hydrogen) atoms. The van der Waals surface area contributed by atoms with Crippen LogP contribution in [-0.4, -0.2) is 52.7 Å². The maximum Gasteiger partial charge on any atom is 0.407 e. The third-order valence-electron chi connectivity index (χ3n) is 8.01. The summed E-state index contributed by atoms with van der Waals surface area (Å²) in [4.78, 5) is 39.4. The molecule has 0 bridgehead atoms. The van der Waals surface area contributed by atoms with Crippen LogP contribution in [0.2, 0.25) is 0 Å². The Morgan fingerprint density at radius 1 is 1.09 bits per heavy atom. The first-order valence-corrected chi connectivity index (χ1v) is 12.5. The molecule has 2 fully saturated rings. The van der Waals surface area contributed by atoms with Gasteiger partial charge in [-0.1, -0.05) is 62.4 Å². The van der Waals surface area contributed by atoms with E-state index in [9.17, 15) is 19.5 Å². The Labute approximate surface area is 205 Å². The van der Waals surface area contributed by atoms with Gasteiger partial charge in [-0.2, -0.15) is 0 Å². The molecule has 0 spiro atoms. The number of rotatable bonds is 7. The molecule has 3 atom stereocenters. The maximum atomic E-state index is 13.2. The standard InChI is InChI=1S/C28H32N2O5/c1-17(2)24(14-25(31)30-13-7-8-18-15-28(18,30)26(32)33)29-27(34)35-16-23-21-11-5-3-9-19(21)20-10-4-6-12-22(20)23/h3-6,9-12,17-18,23-24H,7-8,13-16H2,1-2H3,(H,29,34)(H,32,33)/t18-,24-,28+/m0/s1. The zero-order valence-corrected chi connectivity index (χ0v) is 20.2. The number of likely N-dealkylation sites (tertiary alicyclic amines) is 1. The van der Waals surface area contributed by atoms with Gasteiger partial charge in [-0.25, -0.2) is 9.59 Å². The topological polar surface area (TPSA) is 95.9 Å². The van der Waals surface area contributed by atoms with E-state index in [0.29, 0.717) is 13.0 Å². The number of carbonyl (C=O) groups is 3. The van der Waals surface area contributed by atoms with Crippen molar-refractivity contribution in [1.29, 1.82) is 0 Å². The van der Waals surface area contributed by atoms with Crippen LogP contribution in [0.4, 0.5) is 4.79 Å². The number of fused-ring (bicyclic) bond motifs is 4. The highest BCUT2D eigenvalue weighted by Gasteiger charge is 2.66. The van der Waals surface area contributed by atoms with Crippen LogP contribution in [0.25, 0.3) is 11.1 Å². The number of carbonyl (C=O) groups excluding carboxylic acids is 2. The molecule has 184 valence electrons. The van der Waals surface area contributed by atoms with Crippen molar-refractivity contribution in [2.75, 3.05) is 13.2 Å². The van der Waals surface area contributed by atoms with Crippen molar-refractivity contribution in [3.05, 3.63) is 59.7 Å². The fourth-order valence-electron chi connectivity index (χ4n) is 5.95. The number of ether oxygens (including phenoxy) is 1. The number of hydrogen-bond acceptors (Lipinski definition) is 4. The summed E-state index contributed by atoms with van der Waals surface area (Å²) in [7, 11) is 0. The summed E-state index contributed by atoms with van der Waals surface area (Å²) in [5.74, 6) is -1.14. The molecule has 2 aromatic rings. The van der Waals surface area contributed by atoms with E-state index in [-0.39, 0.29) is 36.7 Å². The van der Waals surface area contributed by atoms with Gasteiger partial charge >= 0.3 is 12.1 Å². The number of amides is 2. The van der Waals surface area contributed by atoms with E-state index in [2.05, 4.69) is 29.6 Å². The van der Waals surface area contributed by atoms with Crippen molar-refractivity contribution >= 4 is 18.0 Å². The second-order valence-corrected chi connectivity index (χ2v) is 10.3. The fourth-order valence-corrected chi connectivity index (χ4v) is 5.95. The first kappa shape index (κ1) is 23.4. The molecule has 1 saturated carbocycles. The van der Waals surface area contributed by atoms with Crippen molar-refractivity contribution < 1.29 is 24.2 Å². The Morgan fingerprint density at radius 3 is 2.31 bits per heavy atom. The van der Waals surface area contributed by atoms with Gasteiger partial charge in [0, 0.05) is 24.9 Å². The van der Waals surface area contributed by atoms with Crippen LogP contribution < -0.4 is 5.32 Å². The number of benzene rings is 2. The van der Waals surface area contributed by atoms with E-state index in [0.717, 1.165) is 35.1 Å². The number of nitrogens with one attached hydrogen (secondary N) is 1. The van der Waals surface area contributed by atoms with Gasteiger partial charge in [-0.15, -0.1) is 0 Å². The van der Waals surface area contributed by atoms with Gasteiger partial charge in [0.15, 0.2) is 0 Å². The van der Waals surface area contributed by atoms with E-state index in [1.54, 1.807) is 0 Å². The van der Waals surface area contributed by atoms with Crippen LogP contribution in [0.1, 0.15) is 56.6 Å². The van der Waals surface area contributed by atoms with Crippen LogP contribution in [0, 0.1) is 11.8 Å². The molecule has 0 unspecified atom stereocenters. The van der Waals surface area contributed by atoms with E-state index >= 15 is 0 Å². The average Bonchev–Trinajstić information content (AvgIpc) is 3.53. The molecule has 7 heteroatoms. The highest BCUT2D eigenvalue weighted by Crippen LogP contribution is 2.54. The molecule has 5 rings (SSSR count). The Morgan fingerprint density at radius 2 is 1.71 bits per heavy atom. The van der Waals surface area contributed by atoms with Gasteiger partial charge in [0.25, 0.3) is 0 Å². The quantitative estimate of drug-likeness (QED) is 0.617. The third-order valence-corrected chi connectivity index (χ3v) is 8.01. The minimum Gasteiger partial charge on any atom is -0.479 e. The van der Waals surface area contributed by atoms with Crippen molar-refractivity contribution in [3.63, 3.8) is 0 Å². The second-order valence-electron chi connectivity index (χ2n) is 10.3. The lowest BCUT2D eigenvalue weighted by atomic mass is 9.97. The SMILES string of the molecule is CC(C)[C@H](CC(=O)N1CCC[C@H]2C[C@]21C(=O)O)NC(=O)OCC1c2ccccc2-c2ccccc21. The monoisotopic (exact) mass is 476 g/mol. The molecule has 2 aliphatic carbocycles. The second kappa shape index (κ2) is 9.02. The predicted molar refractivity (Wildman–Crippen MR) is 131 cm³/mol. The van der Waals surface area contributed by atoms with Crippen molar-refractivity contribution in [3.8, 4) is 11.1 Å². The van der Waals surface area contributed by atoms with Gasteiger partial charge < -0.3 is 20.1 Å². The van der Waals surface area contributed by atoms with Gasteiger partial charge in [-0.3, -0.25) is 4.79 Å². The minimum absolute atomic E-state index is 0.0139. The largest absolute Gasteiger partial charge is 0.479 e. The Kier molecular flexibility index (Phi) is 6.03. The van der Waals surface area contributed by atoms with E-state index in [1.807, 2.05) is 38.1 Å². The van der Waals surface area contributed by atoms with E-state index in [1.165, 1.54) is 4.90 Å². The minimum atomic E-state index is -1.04. The lowest BCUT2D eigenvalue weighted by molar-refractivity contribution is -0.154. The van der Waals surface area contributed by atoms with Gasteiger partial charge in [0.1, 0.15) is 12.1 Å². The number of piperidine rings is 1. The molecule has 1 heterocycles. The summed E-state index contributed by atoms with van der Waals surface area (Å²) in [5.41, 5.74) is 3.56. The summed E-state index contributed by atoms with van der Waals surface area (Å²) in [6, 6.07) is 15.9. The Bertz CT molecular complexity index is 1120. The third kappa shape index (κ3) is 4.07. The number of carboxylic acids is 1. The number of nitrogens with zero attached hydrogens (tertiary/aromatic N) is 1. The first-order valence-electron chi connectivity index (χ1n) is 12.5. The molecule has 2 N–H and O–H groups in total. The highest BCUT2D eigenvalue weighted by molar-refractivity contribution is 5.91. The molecule has 0 aromatic heterocycles. The molecular weight excluding hydrogens is 444 g/mol. The Balaban J connectivity index is 1.23. The van der Waals surface area contributed by atoms with E-state index in [4.69, 9.17) is 4.74 Å². The smallest absolute Gasteiger partial charge is 0.407 e. The van der Waals surface area contributed by atoms with Crippen molar-refractivity contribution in [1.82, 2.24) is 10.2 Å². The first-order chi connectivity index (χ1) is 16.8. The summed E-state index contributed by atoms with van der Waals surface area (Å²) < 4.78 is 5.67. The zero-order chi connectivity index (χ0) is 24.7. The predicted octanol–water partition coefficient (Wildman–Crippen LogP) is 4.41. The molecule has 2 amide bonds. The molecule has 1 aliphatic heterocycles. The van der Waals surface area contributed by atoms with Crippen molar-refractivity contribution in [2.45, 2.75) is 57.0 Å². The maximum absolute atomic E-state index is 13.2. The molecule has 2 aromatic carbocycles. The summed E-state index contributed by atoms with van der Waals surface area (Å²) in [6.45, 7) is 4.53. The highest BCUT2D eigenvalue weighted by atomic mass is 16.5. The lowest BCUT2D eigenvalue weighted by Crippen LogP contribution is -2.53. The summed E-state index contributed by atoms with van der Waals surface area (Å²) in [6.07, 6.45) is 1.69. The van der Waals surface area contributed by atoms with Gasteiger partial charge in [-0.05, 0) is 53.4 Å². The molecule has 3 aliphatic rings. The van der Waals surface area contributed by atoms with Crippen LogP contribution in [0.15, 0.2) is 48.5 Å². The summed E-state index contributed by atoms with van der Waals surface area (Å²) in [5, 5.41) is 12.6. The molecule has 7 nitrogen and oxygen atoms in total. The summed E-state index contributed by atoms with van der Waals surface area (Å²) >= 11 is 0. The van der Waals surface area contributed by atoms with Crippen LogP contribution in [-0.2, 0) is 14.3 Å². The number of alkyl carbamates (subject to hydrolysis) is 1. The number of carboxylic acid groups (broad SMARTS) is 1.